The monoisotopic (exact) mass is 297 g/mol. The minimum atomic E-state index is 0.00438. The lowest BCUT2D eigenvalue weighted by atomic mass is 10.1. The van der Waals surface area contributed by atoms with E-state index in [0.29, 0.717) is 11.8 Å². The van der Waals surface area contributed by atoms with Gasteiger partial charge in [-0.3, -0.25) is 4.79 Å². The number of carbonyl (C=O) groups is 1. The average molecular weight is 297 g/mol. The van der Waals surface area contributed by atoms with Gasteiger partial charge in [0.2, 0.25) is 0 Å². The third-order valence-electron chi connectivity index (χ3n) is 4.02. The Bertz CT molecular complexity index is 642. The lowest BCUT2D eigenvalue weighted by molar-refractivity contribution is 0.0951. The van der Waals surface area contributed by atoms with Crippen molar-refractivity contribution in [2.45, 2.75) is 39.0 Å². The Morgan fingerprint density at radius 2 is 2.05 bits per heavy atom. The zero-order valence-corrected chi connectivity index (χ0v) is 13.2. The van der Waals surface area contributed by atoms with Crippen molar-refractivity contribution in [3.8, 4) is 5.69 Å². The Hall–Kier alpha value is -2.10. The zero-order chi connectivity index (χ0) is 15.5. The second-order valence-corrected chi connectivity index (χ2v) is 6.40. The largest absolute Gasteiger partial charge is 0.352 e. The first-order chi connectivity index (χ1) is 10.7. The summed E-state index contributed by atoms with van der Waals surface area (Å²) < 4.78 is 1.93. The van der Waals surface area contributed by atoms with Gasteiger partial charge >= 0.3 is 0 Å². The second-order valence-electron chi connectivity index (χ2n) is 6.40. The van der Waals surface area contributed by atoms with E-state index >= 15 is 0 Å². The molecular formula is C18H23N3O. The maximum Gasteiger partial charge on any atom is 0.254 e. The van der Waals surface area contributed by atoms with Crippen molar-refractivity contribution in [2.75, 3.05) is 6.54 Å². The highest BCUT2D eigenvalue weighted by Crippen LogP contribution is 2.42. The highest BCUT2D eigenvalue weighted by molar-refractivity contribution is 5.95. The molecule has 0 spiro atoms. The Kier molecular flexibility index (Phi) is 4.27. The van der Waals surface area contributed by atoms with Gasteiger partial charge in [-0.25, -0.2) is 4.68 Å². The molecule has 1 aromatic heterocycles. The van der Waals surface area contributed by atoms with Gasteiger partial charge in [0, 0.05) is 12.5 Å². The fourth-order valence-electron chi connectivity index (χ4n) is 2.63. The van der Waals surface area contributed by atoms with Crippen LogP contribution in [0.5, 0.6) is 0 Å². The van der Waals surface area contributed by atoms with Gasteiger partial charge in [0.15, 0.2) is 0 Å². The van der Waals surface area contributed by atoms with Gasteiger partial charge in [-0.2, -0.15) is 5.10 Å². The fourth-order valence-corrected chi connectivity index (χ4v) is 2.63. The van der Waals surface area contributed by atoms with E-state index in [1.807, 2.05) is 35.0 Å². The van der Waals surface area contributed by atoms with Crippen LogP contribution in [-0.2, 0) is 0 Å². The van der Waals surface area contributed by atoms with Gasteiger partial charge in [-0.15, -0.1) is 0 Å². The Morgan fingerprint density at radius 1 is 1.32 bits per heavy atom. The molecule has 0 radical (unpaired) electrons. The Morgan fingerprint density at radius 3 is 2.68 bits per heavy atom. The van der Waals surface area contributed by atoms with Crippen LogP contribution in [0.1, 0.15) is 55.1 Å². The molecule has 2 aromatic rings. The molecule has 4 heteroatoms. The molecule has 1 aromatic carbocycles. The molecule has 1 amide bonds. The summed E-state index contributed by atoms with van der Waals surface area (Å²) in [6.07, 6.45) is 5.00. The lowest BCUT2D eigenvalue weighted by Gasteiger charge is -2.10. The van der Waals surface area contributed by atoms with Crippen molar-refractivity contribution in [3.05, 3.63) is 47.8 Å². The standard InChI is InChI=1S/C18H23N3O/c1-13(2)10-11-19-18(22)16-12-20-21(17(16)14-8-9-14)15-6-4-3-5-7-15/h3-7,12-14H,8-11H2,1-2H3,(H,19,22). The van der Waals surface area contributed by atoms with Crippen molar-refractivity contribution in [1.29, 1.82) is 0 Å². The van der Waals surface area contributed by atoms with Crippen LogP contribution in [0.15, 0.2) is 36.5 Å². The smallest absolute Gasteiger partial charge is 0.254 e. The molecule has 0 unspecified atom stereocenters. The summed E-state index contributed by atoms with van der Waals surface area (Å²) >= 11 is 0. The fraction of sp³-hybridized carbons (Fsp3) is 0.444. The molecule has 0 atom stereocenters. The summed E-state index contributed by atoms with van der Waals surface area (Å²) in [6, 6.07) is 10.0. The molecule has 1 fully saturated rings. The summed E-state index contributed by atoms with van der Waals surface area (Å²) in [4.78, 5) is 12.5. The van der Waals surface area contributed by atoms with E-state index in [2.05, 4.69) is 24.3 Å². The van der Waals surface area contributed by atoms with Crippen molar-refractivity contribution in [2.24, 2.45) is 5.92 Å². The molecule has 3 rings (SSSR count). The first kappa shape index (κ1) is 14.8. The molecular weight excluding hydrogens is 274 g/mol. The van der Waals surface area contributed by atoms with Crippen molar-refractivity contribution in [1.82, 2.24) is 15.1 Å². The van der Waals surface area contributed by atoms with Crippen LogP contribution in [0.4, 0.5) is 0 Å². The number of nitrogens with zero attached hydrogens (tertiary/aromatic N) is 2. The van der Waals surface area contributed by atoms with E-state index in [9.17, 15) is 4.79 Å². The van der Waals surface area contributed by atoms with E-state index in [-0.39, 0.29) is 5.91 Å². The normalized spacial score (nSPS) is 14.3. The van der Waals surface area contributed by atoms with E-state index < -0.39 is 0 Å². The van der Waals surface area contributed by atoms with Crippen LogP contribution in [-0.4, -0.2) is 22.2 Å². The van der Waals surface area contributed by atoms with Crippen LogP contribution in [0.25, 0.3) is 5.69 Å². The van der Waals surface area contributed by atoms with Crippen LogP contribution in [0.2, 0.25) is 0 Å². The highest BCUT2D eigenvalue weighted by Gasteiger charge is 2.32. The van der Waals surface area contributed by atoms with E-state index in [4.69, 9.17) is 0 Å². The minimum absolute atomic E-state index is 0.00438. The first-order valence-electron chi connectivity index (χ1n) is 8.08. The molecule has 1 heterocycles. The third-order valence-corrected chi connectivity index (χ3v) is 4.02. The maximum absolute atomic E-state index is 12.5. The molecule has 1 saturated carbocycles. The van der Waals surface area contributed by atoms with Gasteiger partial charge in [0.1, 0.15) is 0 Å². The van der Waals surface area contributed by atoms with E-state index in [0.717, 1.165) is 42.8 Å². The van der Waals surface area contributed by atoms with Crippen molar-refractivity contribution < 1.29 is 4.79 Å². The Labute approximate surface area is 131 Å². The van der Waals surface area contributed by atoms with Gasteiger partial charge in [0.25, 0.3) is 5.91 Å². The minimum Gasteiger partial charge on any atom is -0.352 e. The zero-order valence-electron chi connectivity index (χ0n) is 13.2. The number of nitrogens with one attached hydrogen (secondary N) is 1. The van der Waals surface area contributed by atoms with Crippen LogP contribution in [0.3, 0.4) is 0 Å². The SMILES string of the molecule is CC(C)CCNC(=O)c1cnn(-c2ccccc2)c1C1CC1. The van der Waals surface area contributed by atoms with Crippen molar-refractivity contribution in [3.63, 3.8) is 0 Å². The highest BCUT2D eigenvalue weighted by atomic mass is 16.1. The van der Waals surface area contributed by atoms with Crippen LogP contribution >= 0.6 is 0 Å². The molecule has 1 aliphatic carbocycles. The number of hydrogen-bond acceptors (Lipinski definition) is 2. The summed E-state index contributed by atoms with van der Waals surface area (Å²) in [5.74, 6) is 1.06. The number of benzene rings is 1. The summed E-state index contributed by atoms with van der Waals surface area (Å²) in [7, 11) is 0. The molecule has 1 aliphatic rings. The number of hydrogen-bond donors (Lipinski definition) is 1. The molecule has 0 aliphatic heterocycles. The molecule has 116 valence electrons. The lowest BCUT2D eigenvalue weighted by Crippen LogP contribution is -2.26. The predicted molar refractivity (Wildman–Crippen MR) is 87.3 cm³/mol. The first-order valence-corrected chi connectivity index (χ1v) is 8.08. The molecule has 1 N–H and O–H groups in total. The molecule has 4 nitrogen and oxygen atoms in total. The summed E-state index contributed by atoms with van der Waals surface area (Å²) in [5, 5.41) is 7.49. The third kappa shape index (κ3) is 3.21. The number of carbonyl (C=O) groups excluding carboxylic acids is 1. The van der Waals surface area contributed by atoms with E-state index in [1.165, 1.54) is 0 Å². The molecule has 22 heavy (non-hydrogen) atoms. The average Bonchev–Trinajstić information content (AvgIpc) is 3.25. The van der Waals surface area contributed by atoms with Gasteiger partial charge in [-0.05, 0) is 37.3 Å². The topological polar surface area (TPSA) is 46.9 Å². The number of rotatable bonds is 6. The summed E-state index contributed by atoms with van der Waals surface area (Å²) in [5.41, 5.74) is 2.81. The summed E-state index contributed by atoms with van der Waals surface area (Å²) in [6.45, 7) is 5.04. The quantitative estimate of drug-likeness (QED) is 0.886. The number of para-hydroxylation sites is 1. The van der Waals surface area contributed by atoms with Crippen LogP contribution in [0, 0.1) is 5.92 Å². The van der Waals surface area contributed by atoms with Gasteiger partial charge in [-0.1, -0.05) is 32.0 Å². The van der Waals surface area contributed by atoms with Crippen LogP contribution < -0.4 is 5.32 Å². The maximum atomic E-state index is 12.5. The molecule has 0 bridgehead atoms. The predicted octanol–water partition coefficient (Wildman–Crippen LogP) is 3.53. The van der Waals surface area contributed by atoms with E-state index in [1.54, 1.807) is 6.20 Å². The number of amides is 1. The van der Waals surface area contributed by atoms with Crippen molar-refractivity contribution >= 4 is 5.91 Å². The van der Waals surface area contributed by atoms with Gasteiger partial charge in [0.05, 0.1) is 23.1 Å². The molecule has 0 saturated heterocycles. The number of aromatic nitrogens is 2. The van der Waals surface area contributed by atoms with Gasteiger partial charge < -0.3 is 5.32 Å². The Balaban J connectivity index is 1.83. The second kappa shape index (κ2) is 6.34.